The molecule has 0 saturated carbocycles. The fourth-order valence-corrected chi connectivity index (χ4v) is 3.97. The predicted octanol–water partition coefficient (Wildman–Crippen LogP) is 4.90. The molecule has 0 aliphatic heterocycles. The summed E-state index contributed by atoms with van der Waals surface area (Å²) in [5.41, 5.74) is 2.87. The van der Waals surface area contributed by atoms with E-state index in [1.165, 1.54) is 29.0 Å². The summed E-state index contributed by atoms with van der Waals surface area (Å²) in [5.74, 6) is -0.287. The molecule has 0 unspecified atom stereocenters. The molecule has 4 aromatic rings. The van der Waals surface area contributed by atoms with Gasteiger partial charge in [-0.15, -0.1) is 11.3 Å². The minimum atomic E-state index is -0.287. The average Bonchev–Trinajstić information content (AvgIpc) is 3.10. The Morgan fingerprint density at radius 2 is 1.81 bits per heavy atom. The van der Waals surface area contributed by atoms with E-state index in [1.54, 1.807) is 23.0 Å². The van der Waals surface area contributed by atoms with Gasteiger partial charge in [0.05, 0.1) is 11.7 Å². The molecule has 0 amide bonds. The second-order valence-electron chi connectivity index (χ2n) is 6.17. The highest BCUT2D eigenvalue weighted by atomic mass is 32.1. The number of hydrogen-bond acceptors (Lipinski definition) is 3. The van der Waals surface area contributed by atoms with Crippen molar-refractivity contribution in [2.75, 3.05) is 0 Å². The summed E-state index contributed by atoms with van der Waals surface area (Å²) >= 11 is 1.44. The number of benzene rings is 2. The highest BCUT2D eigenvalue weighted by Crippen LogP contribution is 2.30. The maximum atomic E-state index is 13.2. The first-order valence-corrected chi connectivity index (χ1v) is 9.37. The van der Waals surface area contributed by atoms with Gasteiger partial charge in [0.2, 0.25) is 0 Å². The van der Waals surface area contributed by atoms with Gasteiger partial charge in [0.25, 0.3) is 5.56 Å². The van der Waals surface area contributed by atoms with Crippen LogP contribution in [0.15, 0.2) is 71.1 Å². The van der Waals surface area contributed by atoms with Crippen LogP contribution in [0.3, 0.4) is 0 Å². The van der Waals surface area contributed by atoms with E-state index in [2.05, 4.69) is 17.1 Å². The van der Waals surface area contributed by atoms with Crippen LogP contribution in [0.1, 0.15) is 12.0 Å². The predicted molar refractivity (Wildman–Crippen MR) is 104 cm³/mol. The van der Waals surface area contributed by atoms with Crippen molar-refractivity contribution < 1.29 is 4.39 Å². The van der Waals surface area contributed by atoms with Crippen molar-refractivity contribution in [1.29, 1.82) is 0 Å². The van der Waals surface area contributed by atoms with Crippen molar-refractivity contribution in [1.82, 2.24) is 9.55 Å². The van der Waals surface area contributed by atoms with Crippen molar-refractivity contribution in [3.05, 3.63) is 88.0 Å². The second-order valence-corrected chi connectivity index (χ2v) is 7.03. The van der Waals surface area contributed by atoms with E-state index in [1.807, 2.05) is 23.6 Å². The summed E-state index contributed by atoms with van der Waals surface area (Å²) < 4.78 is 14.9. The molecule has 0 atom stereocenters. The summed E-state index contributed by atoms with van der Waals surface area (Å²) in [6, 6.07) is 16.4. The molecule has 2 aromatic carbocycles. The molecule has 2 aromatic heterocycles. The van der Waals surface area contributed by atoms with E-state index in [0.717, 1.165) is 24.0 Å². The average molecular weight is 364 g/mol. The maximum absolute atomic E-state index is 13.2. The van der Waals surface area contributed by atoms with E-state index >= 15 is 0 Å². The zero-order valence-corrected chi connectivity index (χ0v) is 14.9. The molecule has 0 saturated heterocycles. The summed E-state index contributed by atoms with van der Waals surface area (Å²) in [5, 5.41) is 2.53. The molecule has 0 radical (unpaired) electrons. The summed E-state index contributed by atoms with van der Waals surface area (Å²) in [7, 11) is 0. The Kier molecular flexibility index (Phi) is 4.63. The monoisotopic (exact) mass is 364 g/mol. The van der Waals surface area contributed by atoms with Crippen LogP contribution < -0.4 is 5.56 Å². The molecule has 4 rings (SSSR count). The normalized spacial score (nSPS) is 11.1. The summed E-state index contributed by atoms with van der Waals surface area (Å²) in [6.07, 6.45) is 3.41. The number of thiophene rings is 1. The Bertz CT molecular complexity index is 1080. The third-order valence-corrected chi connectivity index (χ3v) is 5.31. The van der Waals surface area contributed by atoms with Crippen LogP contribution in [0.25, 0.3) is 21.3 Å². The maximum Gasteiger partial charge on any atom is 0.262 e. The number of aromatic nitrogens is 2. The van der Waals surface area contributed by atoms with Gasteiger partial charge in [0.1, 0.15) is 10.6 Å². The number of halogens is 1. The van der Waals surface area contributed by atoms with Crippen molar-refractivity contribution >= 4 is 21.6 Å². The van der Waals surface area contributed by atoms with Crippen LogP contribution in [0, 0.1) is 5.82 Å². The Labute approximate surface area is 154 Å². The van der Waals surface area contributed by atoms with Gasteiger partial charge in [0.15, 0.2) is 0 Å². The molecule has 3 nitrogen and oxygen atoms in total. The highest BCUT2D eigenvalue weighted by molar-refractivity contribution is 7.17. The van der Waals surface area contributed by atoms with Gasteiger partial charge in [-0.3, -0.25) is 9.36 Å². The van der Waals surface area contributed by atoms with Gasteiger partial charge in [-0.25, -0.2) is 9.37 Å². The lowest BCUT2D eigenvalue weighted by Crippen LogP contribution is -2.20. The second kappa shape index (κ2) is 7.22. The fourth-order valence-electron chi connectivity index (χ4n) is 3.07. The zero-order chi connectivity index (χ0) is 17.9. The molecule has 26 heavy (non-hydrogen) atoms. The number of rotatable bonds is 5. The summed E-state index contributed by atoms with van der Waals surface area (Å²) in [4.78, 5) is 18.1. The topological polar surface area (TPSA) is 34.9 Å². The first-order valence-electron chi connectivity index (χ1n) is 8.49. The molecular weight excluding hydrogens is 347 g/mol. The summed E-state index contributed by atoms with van der Waals surface area (Å²) in [6.45, 7) is 0.620. The van der Waals surface area contributed by atoms with Gasteiger partial charge < -0.3 is 0 Å². The highest BCUT2D eigenvalue weighted by Gasteiger charge is 2.13. The lowest BCUT2D eigenvalue weighted by Gasteiger charge is -2.06. The first kappa shape index (κ1) is 16.7. The van der Waals surface area contributed by atoms with Crippen LogP contribution in [0.5, 0.6) is 0 Å². The standard InChI is InChI=1S/C21H17FN2OS/c22-17-10-8-16(9-11-17)18-13-26-20-19(18)21(25)24(14-23-20)12-4-7-15-5-2-1-3-6-15/h1-3,5-6,8-11,13-14H,4,7,12H2. The quantitative estimate of drug-likeness (QED) is 0.505. The zero-order valence-electron chi connectivity index (χ0n) is 14.1. The lowest BCUT2D eigenvalue weighted by atomic mass is 10.1. The van der Waals surface area contributed by atoms with Gasteiger partial charge in [-0.05, 0) is 36.1 Å². The molecule has 2 heterocycles. The Balaban J connectivity index is 1.62. The third kappa shape index (κ3) is 3.30. The van der Waals surface area contributed by atoms with Crippen LogP contribution >= 0.6 is 11.3 Å². The van der Waals surface area contributed by atoms with Crippen LogP contribution in [0.4, 0.5) is 4.39 Å². The third-order valence-electron chi connectivity index (χ3n) is 4.42. The fraction of sp³-hybridized carbons (Fsp3) is 0.143. The lowest BCUT2D eigenvalue weighted by molar-refractivity contribution is 0.618. The Hall–Kier alpha value is -2.79. The largest absolute Gasteiger partial charge is 0.299 e. The van der Waals surface area contributed by atoms with Crippen molar-refractivity contribution in [3.8, 4) is 11.1 Å². The minimum Gasteiger partial charge on any atom is -0.299 e. The van der Waals surface area contributed by atoms with Gasteiger partial charge in [-0.1, -0.05) is 42.5 Å². The molecule has 130 valence electrons. The first-order chi connectivity index (χ1) is 12.7. The van der Waals surface area contributed by atoms with Gasteiger partial charge in [-0.2, -0.15) is 0 Å². The molecular formula is C21H17FN2OS. The van der Waals surface area contributed by atoms with Crippen molar-refractivity contribution in [2.45, 2.75) is 19.4 Å². The van der Waals surface area contributed by atoms with Crippen molar-refractivity contribution in [3.63, 3.8) is 0 Å². The minimum absolute atomic E-state index is 0.0383. The Morgan fingerprint density at radius 3 is 2.58 bits per heavy atom. The SMILES string of the molecule is O=c1c2c(-c3ccc(F)cc3)csc2ncn1CCCc1ccccc1. The van der Waals surface area contributed by atoms with E-state index < -0.39 is 0 Å². The van der Waals surface area contributed by atoms with E-state index in [9.17, 15) is 9.18 Å². The van der Waals surface area contributed by atoms with E-state index in [4.69, 9.17) is 0 Å². The Morgan fingerprint density at radius 1 is 1.04 bits per heavy atom. The van der Waals surface area contributed by atoms with Gasteiger partial charge in [0, 0.05) is 17.5 Å². The van der Waals surface area contributed by atoms with E-state index in [0.29, 0.717) is 16.8 Å². The van der Waals surface area contributed by atoms with Crippen LogP contribution in [-0.2, 0) is 13.0 Å². The number of nitrogens with zero attached hydrogens (tertiary/aromatic N) is 2. The molecule has 0 spiro atoms. The molecule has 0 bridgehead atoms. The number of aryl methyl sites for hydroxylation is 2. The van der Waals surface area contributed by atoms with Crippen LogP contribution in [0.2, 0.25) is 0 Å². The smallest absolute Gasteiger partial charge is 0.262 e. The van der Waals surface area contributed by atoms with E-state index in [-0.39, 0.29) is 11.4 Å². The number of hydrogen-bond donors (Lipinski definition) is 0. The molecule has 0 aliphatic carbocycles. The van der Waals surface area contributed by atoms with Gasteiger partial charge >= 0.3 is 0 Å². The molecule has 5 heteroatoms. The number of fused-ring (bicyclic) bond motifs is 1. The molecule has 0 aliphatic rings. The van der Waals surface area contributed by atoms with Crippen LogP contribution in [-0.4, -0.2) is 9.55 Å². The molecule has 0 N–H and O–H groups in total. The molecule has 0 fully saturated rings. The van der Waals surface area contributed by atoms with Crippen molar-refractivity contribution in [2.24, 2.45) is 0 Å².